The maximum absolute atomic E-state index is 10.8. The molecule has 1 unspecified atom stereocenters. The van der Waals surface area contributed by atoms with Crippen LogP contribution in [-0.2, 0) is 14.4 Å². The molecule has 0 aliphatic heterocycles. The van der Waals surface area contributed by atoms with Gasteiger partial charge in [-0.1, -0.05) is 6.92 Å². The first-order valence-corrected chi connectivity index (χ1v) is 6.24. The number of rotatable bonds is 10. The number of amides is 1. The molecule has 0 saturated carbocycles. The first-order valence-electron chi connectivity index (χ1n) is 6.24. The van der Waals surface area contributed by atoms with Crippen LogP contribution in [0.25, 0.3) is 0 Å². The zero-order valence-corrected chi connectivity index (χ0v) is 11.4. The van der Waals surface area contributed by atoms with Crippen molar-refractivity contribution in [2.45, 2.75) is 26.7 Å². The molecule has 0 radical (unpaired) electrons. The molecule has 1 amide bonds. The molecule has 0 aromatic carbocycles. The smallest absolute Gasteiger partial charge is 0.307 e. The highest BCUT2D eigenvalue weighted by Gasteiger charge is 2.16. The van der Waals surface area contributed by atoms with Gasteiger partial charge in [0.25, 0.3) is 0 Å². The van der Waals surface area contributed by atoms with E-state index in [0.29, 0.717) is 32.6 Å². The number of carbonyl (C=O) groups excluding carboxylic acids is 1. The van der Waals surface area contributed by atoms with Crippen LogP contribution in [0.5, 0.6) is 0 Å². The predicted octanol–water partition coefficient (Wildman–Crippen LogP) is 0.0100. The monoisotopic (exact) mass is 274 g/mol. The Morgan fingerprint density at radius 2 is 1.84 bits per heavy atom. The van der Waals surface area contributed by atoms with Crippen LogP contribution in [0.4, 0.5) is 0 Å². The van der Waals surface area contributed by atoms with Gasteiger partial charge in [0.2, 0.25) is 5.91 Å². The molecular weight excluding hydrogens is 252 g/mol. The number of aliphatic carboxylic acids is 2. The summed E-state index contributed by atoms with van der Waals surface area (Å²) in [5, 5.41) is 20.1. The van der Waals surface area contributed by atoms with E-state index in [1.54, 1.807) is 11.8 Å². The zero-order valence-electron chi connectivity index (χ0n) is 11.4. The second kappa shape index (κ2) is 9.32. The Morgan fingerprint density at radius 3 is 2.32 bits per heavy atom. The first kappa shape index (κ1) is 17.4. The number of nitrogens with zero attached hydrogens (tertiary/aromatic N) is 1. The summed E-state index contributed by atoms with van der Waals surface area (Å²) in [6.45, 7) is 4.69. The van der Waals surface area contributed by atoms with Gasteiger partial charge in [-0.2, -0.15) is 0 Å². The average molecular weight is 274 g/mol. The highest BCUT2D eigenvalue weighted by Crippen LogP contribution is 2.02. The number of nitrogens with one attached hydrogen (secondary N) is 1. The lowest BCUT2D eigenvalue weighted by molar-refractivity contribution is -0.141. The second-order valence-electron chi connectivity index (χ2n) is 4.52. The fourth-order valence-corrected chi connectivity index (χ4v) is 1.58. The van der Waals surface area contributed by atoms with Crippen LogP contribution < -0.4 is 5.32 Å². The number of carboxylic acids is 2. The summed E-state index contributed by atoms with van der Waals surface area (Å²) in [5.74, 6) is -2.47. The summed E-state index contributed by atoms with van der Waals surface area (Å²) in [6, 6.07) is 0. The van der Waals surface area contributed by atoms with Gasteiger partial charge in [-0.25, -0.2) is 0 Å². The van der Waals surface area contributed by atoms with Crippen LogP contribution in [0, 0.1) is 5.92 Å². The van der Waals surface area contributed by atoms with E-state index in [4.69, 9.17) is 10.2 Å². The average Bonchev–Trinajstić information content (AvgIpc) is 2.30. The standard InChI is InChI=1S/C12H22N2O5/c1-9(12(18)19)8-14(7-4-11(16)17)6-3-5-13-10(2)15/h9H,3-8H2,1-2H3,(H,13,15)(H,16,17)(H,18,19). The summed E-state index contributed by atoms with van der Waals surface area (Å²) < 4.78 is 0. The maximum atomic E-state index is 10.8. The minimum atomic E-state index is -0.908. The molecule has 0 aliphatic rings. The number of carboxylic acid groups (broad SMARTS) is 2. The van der Waals surface area contributed by atoms with Gasteiger partial charge in [-0.05, 0) is 13.0 Å². The number of carbonyl (C=O) groups is 3. The van der Waals surface area contributed by atoms with Crippen molar-refractivity contribution in [3.8, 4) is 0 Å². The van der Waals surface area contributed by atoms with Gasteiger partial charge < -0.3 is 20.4 Å². The molecule has 0 heterocycles. The molecular formula is C12H22N2O5. The summed E-state index contributed by atoms with van der Waals surface area (Å²) in [4.78, 5) is 33.8. The normalized spacial score (nSPS) is 12.2. The van der Waals surface area contributed by atoms with Crippen LogP contribution >= 0.6 is 0 Å². The minimum absolute atomic E-state index is 0.0214. The van der Waals surface area contributed by atoms with Gasteiger partial charge in [0, 0.05) is 26.6 Å². The Hall–Kier alpha value is -1.63. The van der Waals surface area contributed by atoms with Crippen LogP contribution in [0.15, 0.2) is 0 Å². The van der Waals surface area contributed by atoms with E-state index < -0.39 is 17.9 Å². The van der Waals surface area contributed by atoms with E-state index in [0.717, 1.165) is 0 Å². The van der Waals surface area contributed by atoms with E-state index in [9.17, 15) is 14.4 Å². The summed E-state index contributed by atoms with van der Waals surface area (Å²) in [7, 11) is 0. The molecule has 0 spiro atoms. The van der Waals surface area contributed by atoms with Crippen LogP contribution in [0.2, 0.25) is 0 Å². The van der Waals surface area contributed by atoms with Gasteiger partial charge in [0.15, 0.2) is 0 Å². The Kier molecular flexibility index (Phi) is 8.52. The van der Waals surface area contributed by atoms with Crippen molar-refractivity contribution in [1.82, 2.24) is 10.2 Å². The van der Waals surface area contributed by atoms with Gasteiger partial charge in [0.05, 0.1) is 12.3 Å². The van der Waals surface area contributed by atoms with Crippen molar-refractivity contribution in [2.24, 2.45) is 5.92 Å². The van der Waals surface area contributed by atoms with Crippen LogP contribution in [0.1, 0.15) is 26.7 Å². The SMILES string of the molecule is CC(=O)NCCCN(CCC(=O)O)CC(C)C(=O)O. The predicted molar refractivity (Wildman–Crippen MR) is 68.8 cm³/mol. The van der Waals surface area contributed by atoms with Gasteiger partial charge in [0.1, 0.15) is 0 Å². The van der Waals surface area contributed by atoms with Crippen molar-refractivity contribution in [2.75, 3.05) is 26.2 Å². The Balaban J connectivity index is 4.13. The zero-order chi connectivity index (χ0) is 14.8. The molecule has 1 atom stereocenters. The van der Waals surface area contributed by atoms with E-state index >= 15 is 0 Å². The van der Waals surface area contributed by atoms with E-state index in [1.807, 2.05) is 0 Å². The molecule has 0 aliphatic carbocycles. The van der Waals surface area contributed by atoms with Gasteiger partial charge in [-0.3, -0.25) is 14.4 Å². The van der Waals surface area contributed by atoms with E-state index in [-0.39, 0.29) is 12.3 Å². The Labute approximate surface area is 112 Å². The van der Waals surface area contributed by atoms with Crippen molar-refractivity contribution in [1.29, 1.82) is 0 Å². The summed E-state index contributed by atoms with van der Waals surface area (Å²) in [5.41, 5.74) is 0. The molecule has 7 heteroatoms. The van der Waals surface area contributed by atoms with Crippen molar-refractivity contribution < 1.29 is 24.6 Å². The van der Waals surface area contributed by atoms with E-state index in [1.165, 1.54) is 6.92 Å². The van der Waals surface area contributed by atoms with Crippen molar-refractivity contribution in [3.63, 3.8) is 0 Å². The van der Waals surface area contributed by atoms with Gasteiger partial charge >= 0.3 is 11.9 Å². The molecule has 0 aromatic heterocycles. The topological polar surface area (TPSA) is 107 Å². The second-order valence-corrected chi connectivity index (χ2v) is 4.52. The lowest BCUT2D eigenvalue weighted by Crippen LogP contribution is -2.35. The highest BCUT2D eigenvalue weighted by atomic mass is 16.4. The Bertz CT molecular complexity index is 319. The third-order valence-electron chi connectivity index (χ3n) is 2.62. The molecule has 0 fully saturated rings. The fourth-order valence-electron chi connectivity index (χ4n) is 1.58. The number of hydrogen-bond acceptors (Lipinski definition) is 4. The van der Waals surface area contributed by atoms with Crippen LogP contribution in [0.3, 0.4) is 0 Å². The minimum Gasteiger partial charge on any atom is -0.481 e. The largest absolute Gasteiger partial charge is 0.481 e. The fraction of sp³-hybridized carbons (Fsp3) is 0.750. The molecule has 0 aromatic rings. The molecule has 3 N–H and O–H groups in total. The van der Waals surface area contributed by atoms with Crippen molar-refractivity contribution >= 4 is 17.8 Å². The molecule has 19 heavy (non-hydrogen) atoms. The molecule has 0 bridgehead atoms. The lowest BCUT2D eigenvalue weighted by Gasteiger charge is -2.23. The van der Waals surface area contributed by atoms with E-state index in [2.05, 4.69) is 5.32 Å². The van der Waals surface area contributed by atoms with Crippen molar-refractivity contribution in [3.05, 3.63) is 0 Å². The van der Waals surface area contributed by atoms with Crippen LogP contribution in [-0.4, -0.2) is 59.1 Å². The highest BCUT2D eigenvalue weighted by molar-refractivity contribution is 5.72. The molecule has 0 saturated heterocycles. The summed E-state index contributed by atoms with van der Waals surface area (Å²) >= 11 is 0. The Morgan fingerprint density at radius 1 is 1.21 bits per heavy atom. The molecule has 110 valence electrons. The summed E-state index contributed by atoms with van der Waals surface area (Å²) in [6.07, 6.45) is 0.637. The quantitative estimate of drug-likeness (QED) is 0.484. The van der Waals surface area contributed by atoms with Gasteiger partial charge in [-0.15, -0.1) is 0 Å². The first-order chi connectivity index (χ1) is 8.82. The molecule has 7 nitrogen and oxygen atoms in total. The maximum Gasteiger partial charge on any atom is 0.307 e. The third kappa shape index (κ3) is 10.0. The third-order valence-corrected chi connectivity index (χ3v) is 2.62. The molecule has 0 rings (SSSR count). The lowest BCUT2D eigenvalue weighted by atomic mass is 10.1. The number of hydrogen-bond donors (Lipinski definition) is 3.